The zero-order valence-corrected chi connectivity index (χ0v) is 13.3. The van der Waals surface area contributed by atoms with E-state index >= 15 is 0 Å². The minimum atomic E-state index is 0.456. The van der Waals surface area contributed by atoms with Gasteiger partial charge in [0.05, 0.1) is 5.69 Å². The lowest BCUT2D eigenvalue weighted by Crippen LogP contribution is -2.41. The molecule has 1 saturated carbocycles. The van der Waals surface area contributed by atoms with Gasteiger partial charge in [0.2, 0.25) is 0 Å². The van der Waals surface area contributed by atoms with Gasteiger partial charge in [0, 0.05) is 42.2 Å². The highest BCUT2D eigenvalue weighted by Gasteiger charge is 2.27. The second kappa shape index (κ2) is 5.79. The molecule has 2 aromatic rings. The van der Waals surface area contributed by atoms with E-state index in [9.17, 15) is 0 Å². The van der Waals surface area contributed by atoms with Crippen molar-refractivity contribution in [2.45, 2.75) is 38.1 Å². The van der Waals surface area contributed by atoms with E-state index in [1.807, 2.05) is 6.07 Å². The molecular formula is C17H18N4S. The van der Waals surface area contributed by atoms with Gasteiger partial charge >= 0.3 is 0 Å². The quantitative estimate of drug-likeness (QED) is 0.855. The lowest BCUT2D eigenvalue weighted by Gasteiger charge is -2.36. The van der Waals surface area contributed by atoms with Gasteiger partial charge in [-0.05, 0) is 31.4 Å². The Labute approximate surface area is 134 Å². The van der Waals surface area contributed by atoms with Crippen LogP contribution in [0.1, 0.15) is 35.5 Å². The Balaban J connectivity index is 1.53. The zero-order valence-electron chi connectivity index (χ0n) is 12.5. The average molecular weight is 310 g/mol. The summed E-state index contributed by atoms with van der Waals surface area (Å²) in [6, 6.07) is 6.60. The lowest BCUT2D eigenvalue weighted by atomic mass is 9.91. The van der Waals surface area contributed by atoms with Gasteiger partial charge in [0.1, 0.15) is 16.8 Å². The van der Waals surface area contributed by atoms with Gasteiger partial charge < -0.3 is 0 Å². The predicted molar refractivity (Wildman–Crippen MR) is 86.7 cm³/mol. The average Bonchev–Trinajstić information content (AvgIpc) is 2.82. The number of nitrogens with zero attached hydrogens (tertiary/aromatic N) is 4. The van der Waals surface area contributed by atoms with Crippen molar-refractivity contribution in [3.05, 3.63) is 34.6 Å². The Morgan fingerprint density at radius 3 is 2.77 bits per heavy atom. The maximum atomic E-state index is 8.83. The van der Waals surface area contributed by atoms with Gasteiger partial charge in [-0.1, -0.05) is 6.42 Å². The van der Waals surface area contributed by atoms with E-state index in [0.29, 0.717) is 5.69 Å². The van der Waals surface area contributed by atoms with Crippen LogP contribution >= 0.6 is 11.3 Å². The molecule has 3 heterocycles. The normalized spacial score (nSPS) is 19.0. The summed E-state index contributed by atoms with van der Waals surface area (Å²) in [5.41, 5.74) is 2.75. The minimum Gasteiger partial charge on any atom is -0.300 e. The number of thiazole rings is 1. The Kier molecular flexibility index (Phi) is 3.65. The summed E-state index contributed by atoms with van der Waals surface area (Å²) in [5, 5.41) is 9.87. The third-order valence-corrected chi connectivity index (χ3v) is 5.96. The van der Waals surface area contributed by atoms with Gasteiger partial charge in [0.25, 0.3) is 0 Å². The van der Waals surface area contributed by atoms with E-state index in [4.69, 9.17) is 10.2 Å². The van der Waals surface area contributed by atoms with Gasteiger partial charge in [-0.15, -0.1) is 11.3 Å². The van der Waals surface area contributed by atoms with Crippen molar-refractivity contribution in [2.75, 3.05) is 13.1 Å². The van der Waals surface area contributed by atoms with Crippen molar-refractivity contribution >= 4 is 11.3 Å². The van der Waals surface area contributed by atoms with Gasteiger partial charge in [-0.3, -0.25) is 4.90 Å². The highest BCUT2D eigenvalue weighted by Crippen LogP contribution is 2.32. The molecule has 0 amide bonds. The molecule has 5 heteroatoms. The summed E-state index contributed by atoms with van der Waals surface area (Å²) >= 11 is 1.79. The molecule has 1 aliphatic carbocycles. The molecule has 0 spiro atoms. The van der Waals surface area contributed by atoms with Crippen LogP contribution in [0, 0.1) is 11.3 Å². The van der Waals surface area contributed by atoms with Crippen molar-refractivity contribution in [3.63, 3.8) is 0 Å². The van der Waals surface area contributed by atoms with E-state index in [-0.39, 0.29) is 0 Å². The number of hydrogen-bond acceptors (Lipinski definition) is 5. The summed E-state index contributed by atoms with van der Waals surface area (Å²) in [4.78, 5) is 13.1. The molecule has 4 rings (SSSR count). The third kappa shape index (κ3) is 2.53. The van der Waals surface area contributed by atoms with Crippen LogP contribution < -0.4 is 0 Å². The molecule has 22 heavy (non-hydrogen) atoms. The second-order valence-corrected chi connectivity index (χ2v) is 7.14. The van der Waals surface area contributed by atoms with E-state index in [1.54, 1.807) is 23.6 Å². The van der Waals surface area contributed by atoms with Crippen LogP contribution in [0.3, 0.4) is 0 Å². The third-order valence-electron chi connectivity index (χ3n) is 4.76. The molecule has 1 fully saturated rings. The molecule has 0 atom stereocenters. The van der Waals surface area contributed by atoms with Crippen molar-refractivity contribution in [1.82, 2.24) is 14.9 Å². The Hall–Kier alpha value is -1.77. The second-order valence-electron chi connectivity index (χ2n) is 6.05. The van der Waals surface area contributed by atoms with Crippen molar-refractivity contribution < 1.29 is 0 Å². The van der Waals surface area contributed by atoms with Crippen LogP contribution in [-0.2, 0) is 12.8 Å². The van der Waals surface area contributed by atoms with Crippen LogP contribution in [0.15, 0.2) is 18.3 Å². The largest absolute Gasteiger partial charge is 0.300 e. The Morgan fingerprint density at radius 1 is 1.23 bits per heavy atom. The van der Waals surface area contributed by atoms with Crippen LogP contribution in [0.4, 0.5) is 0 Å². The standard InChI is InChI=1S/C17H18N4S/c18-10-13-5-4-12(11-19-13)17-20-15-6-8-21(14-2-1-3-14)9-7-16(15)22-17/h4-5,11,14H,1-3,6-9H2. The highest BCUT2D eigenvalue weighted by atomic mass is 32.1. The van der Waals surface area contributed by atoms with Gasteiger partial charge in [0.15, 0.2) is 0 Å². The monoisotopic (exact) mass is 310 g/mol. The number of aromatic nitrogens is 2. The summed E-state index contributed by atoms with van der Waals surface area (Å²) in [5.74, 6) is 0. The van der Waals surface area contributed by atoms with Crippen LogP contribution in [0.2, 0.25) is 0 Å². The SMILES string of the molecule is N#Cc1ccc(-c2nc3c(s2)CCN(C2CCC2)CC3)cn1. The molecule has 0 N–H and O–H groups in total. The molecule has 0 radical (unpaired) electrons. The topological polar surface area (TPSA) is 52.8 Å². The molecule has 0 saturated heterocycles. The van der Waals surface area contributed by atoms with Gasteiger partial charge in [-0.25, -0.2) is 9.97 Å². The molecule has 2 aliphatic rings. The number of nitriles is 1. The molecular weight excluding hydrogens is 292 g/mol. The first kappa shape index (κ1) is 13.9. The van der Waals surface area contributed by atoms with E-state index in [0.717, 1.165) is 36.0 Å². The fourth-order valence-corrected chi connectivity index (χ4v) is 4.29. The fraction of sp³-hybridized carbons (Fsp3) is 0.471. The van der Waals surface area contributed by atoms with Crippen molar-refractivity contribution in [2.24, 2.45) is 0 Å². The maximum absolute atomic E-state index is 8.83. The minimum absolute atomic E-state index is 0.456. The summed E-state index contributed by atoms with van der Waals surface area (Å²) in [7, 11) is 0. The molecule has 0 unspecified atom stereocenters. The number of rotatable bonds is 2. The van der Waals surface area contributed by atoms with Crippen LogP contribution in [-0.4, -0.2) is 34.0 Å². The summed E-state index contributed by atoms with van der Waals surface area (Å²) < 4.78 is 0. The fourth-order valence-electron chi connectivity index (χ4n) is 3.21. The first-order chi connectivity index (χ1) is 10.8. The Morgan fingerprint density at radius 2 is 2.09 bits per heavy atom. The molecule has 2 aromatic heterocycles. The number of hydrogen-bond donors (Lipinski definition) is 0. The zero-order chi connectivity index (χ0) is 14.9. The number of pyridine rings is 1. The van der Waals surface area contributed by atoms with E-state index in [2.05, 4.69) is 16.0 Å². The molecule has 0 bridgehead atoms. The van der Waals surface area contributed by atoms with Gasteiger partial charge in [-0.2, -0.15) is 5.26 Å². The number of fused-ring (bicyclic) bond motifs is 1. The van der Waals surface area contributed by atoms with Crippen molar-refractivity contribution in [1.29, 1.82) is 5.26 Å². The molecule has 0 aromatic carbocycles. The van der Waals surface area contributed by atoms with E-state index in [1.165, 1.54) is 36.4 Å². The highest BCUT2D eigenvalue weighted by molar-refractivity contribution is 7.15. The van der Waals surface area contributed by atoms with Crippen LogP contribution in [0.25, 0.3) is 10.6 Å². The molecule has 1 aliphatic heterocycles. The van der Waals surface area contributed by atoms with Crippen molar-refractivity contribution in [3.8, 4) is 16.6 Å². The molecule has 112 valence electrons. The predicted octanol–water partition coefficient (Wildman–Crippen LogP) is 3.03. The summed E-state index contributed by atoms with van der Waals surface area (Å²) in [6.45, 7) is 2.32. The lowest BCUT2D eigenvalue weighted by molar-refractivity contribution is 0.133. The Bertz CT molecular complexity index is 684. The first-order valence-electron chi connectivity index (χ1n) is 7.92. The van der Waals surface area contributed by atoms with E-state index < -0.39 is 0 Å². The smallest absolute Gasteiger partial charge is 0.140 e. The van der Waals surface area contributed by atoms with Crippen LogP contribution in [0.5, 0.6) is 0 Å². The first-order valence-corrected chi connectivity index (χ1v) is 8.74. The maximum Gasteiger partial charge on any atom is 0.140 e. The summed E-state index contributed by atoms with van der Waals surface area (Å²) in [6.07, 6.45) is 8.10. The molecule has 4 nitrogen and oxygen atoms in total.